The van der Waals surface area contributed by atoms with Crippen molar-refractivity contribution in [3.63, 3.8) is 0 Å². The minimum absolute atomic E-state index is 0.544. The molecule has 1 unspecified atom stereocenters. The second kappa shape index (κ2) is 5.17. The highest BCUT2D eigenvalue weighted by Gasteiger charge is 2.32. The van der Waals surface area contributed by atoms with Crippen LogP contribution in [0.3, 0.4) is 0 Å². The monoisotopic (exact) mass is 234 g/mol. The summed E-state index contributed by atoms with van der Waals surface area (Å²) in [6.07, 6.45) is 2.67. The molecule has 94 valence electrons. The zero-order valence-corrected chi connectivity index (χ0v) is 10.5. The molecule has 1 aliphatic heterocycles. The van der Waals surface area contributed by atoms with Gasteiger partial charge in [0.05, 0.1) is 5.60 Å². The number of benzene rings is 1. The third-order valence-corrected chi connectivity index (χ3v) is 3.60. The summed E-state index contributed by atoms with van der Waals surface area (Å²) in [5, 5.41) is 10.6. The second-order valence-electron chi connectivity index (χ2n) is 5.22. The van der Waals surface area contributed by atoms with Crippen molar-refractivity contribution in [2.75, 3.05) is 20.1 Å². The van der Waals surface area contributed by atoms with Gasteiger partial charge in [-0.05, 0) is 37.6 Å². The summed E-state index contributed by atoms with van der Waals surface area (Å²) in [7, 11) is 2.07. The van der Waals surface area contributed by atoms with Gasteiger partial charge in [0.2, 0.25) is 0 Å². The molecule has 1 aromatic rings. The Hall–Kier alpha value is -0.900. The molecular weight excluding hydrogens is 212 g/mol. The first-order chi connectivity index (χ1) is 8.13. The molecule has 1 atom stereocenters. The van der Waals surface area contributed by atoms with E-state index in [1.165, 1.54) is 5.56 Å². The zero-order valence-electron chi connectivity index (χ0n) is 10.5. The molecule has 0 bridgehead atoms. The predicted molar refractivity (Wildman–Crippen MR) is 69.7 cm³/mol. The minimum atomic E-state index is -0.585. The molecule has 17 heavy (non-hydrogen) atoms. The highest BCUT2D eigenvalue weighted by Crippen LogP contribution is 2.25. The fraction of sp³-hybridized carbons (Fsp3) is 0.571. The number of piperidine rings is 1. The van der Waals surface area contributed by atoms with Crippen molar-refractivity contribution >= 4 is 0 Å². The molecule has 0 spiro atoms. The lowest BCUT2D eigenvalue weighted by molar-refractivity contribution is -0.0225. The molecule has 3 N–H and O–H groups in total. The first-order valence-electron chi connectivity index (χ1n) is 6.31. The average molecular weight is 234 g/mol. The molecule has 1 fully saturated rings. The van der Waals surface area contributed by atoms with Gasteiger partial charge in [-0.3, -0.25) is 0 Å². The van der Waals surface area contributed by atoms with Crippen molar-refractivity contribution < 1.29 is 5.11 Å². The fourth-order valence-electron chi connectivity index (χ4n) is 2.77. The summed E-state index contributed by atoms with van der Waals surface area (Å²) in [5.74, 6) is 0. The van der Waals surface area contributed by atoms with Gasteiger partial charge in [-0.15, -0.1) is 0 Å². The van der Waals surface area contributed by atoms with Crippen molar-refractivity contribution in [3.8, 4) is 0 Å². The highest BCUT2D eigenvalue weighted by atomic mass is 16.3. The van der Waals surface area contributed by atoms with Crippen LogP contribution in [0.1, 0.15) is 24.0 Å². The maximum atomic E-state index is 10.6. The van der Waals surface area contributed by atoms with Crippen molar-refractivity contribution in [1.29, 1.82) is 0 Å². The number of likely N-dealkylation sites (N-methyl/N-ethyl adjacent to an activating group) is 1. The van der Waals surface area contributed by atoms with Crippen LogP contribution < -0.4 is 5.73 Å². The van der Waals surface area contributed by atoms with Crippen LogP contribution in [0.2, 0.25) is 0 Å². The van der Waals surface area contributed by atoms with Crippen LogP contribution in [0, 0.1) is 0 Å². The zero-order chi connectivity index (χ0) is 12.3. The Labute approximate surface area is 103 Å². The van der Waals surface area contributed by atoms with E-state index < -0.39 is 5.60 Å². The molecule has 1 heterocycles. The molecule has 0 radical (unpaired) electrons. The molecule has 1 aliphatic rings. The van der Waals surface area contributed by atoms with Crippen molar-refractivity contribution in [2.45, 2.75) is 31.4 Å². The lowest BCUT2D eigenvalue weighted by Gasteiger charge is -2.37. The lowest BCUT2D eigenvalue weighted by Crippen LogP contribution is -2.48. The van der Waals surface area contributed by atoms with E-state index in [0.717, 1.165) is 31.5 Å². The van der Waals surface area contributed by atoms with Gasteiger partial charge in [0.15, 0.2) is 0 Å². The van der Waals surface area contributed by atoms with Crippen molar-refractivity contribution in [1.82, 2.24) is 4.90 Å². The molecule has 3 heteroatoms. The highest BCUT2D eigenvalue weighted by molar-refractivity contribution is 5.28. The van der Waals surface area contributed by atoms with Crippen LogP contribution in [-0.2, 0) is 13.0 Å². The average Bonchev–Trinajstić information content (AvgIpc) is 2.29. The van der Waals surface area contributed by atoms with Crippen LogP contribution in [0.4, 0.5) is 0 Å². The number of nitrogens with zero attached hydrogens (tertiary/aromatic N) is 1. The van der Waals surface area contributed by atoms with Gasteiger partial charge in [-0.2, -0.15) is 0 Å². The number of rotatable bonds is 3. The molecule has 0 amide bonds. The van der Waals surface area contributed by atoms with E-state index in [4.69, 9.17) is 5.73 Å². The topological polar surface area (TPSA) is 49.5 Å². The van der Waals surface area contributed by atoms with E-state index in [2.05, 4.69) is 18.0 Å². The summed E-state index contributed by atoms with van der Waals surface area (Å²) in [6, 6.07) is 8.15. The van der Waals surface area contributed by atoms with E-state index in [1.807, 2.05) is 18.2 Å². The number of likely N-dealkylation sites (tertiary alicyclic amines) is 1. The Morgan fingerprint density at radius 2 is 2.06 bits per heavy atom. The number of β-amino-alcohol motifs (C(OH)–C–C–N with tert-alkyl or cyclic N) is 1. The van der Waals surface area contributed by atoms with Gasteiger partial charge in [0.25, 0.3) is 0 Å². The van der Waals surface area contributed by atoms with E-state index >= 15 is 0 Å². The largest absolute Gasteiger partial charge is 0.388 e. The Morgan fingerprint density at radius 3 is 2.71 bits per heavy atom. The van der Waals surface area contributed by atoms with Gasteiger partial charge < -0.3 is 15.7 Å². The Kier molecular flexibility index (Phi) is 3.82. The third kappa shape index (κ3) is 3.06. The molecule has 0 aliphatic carbocycles. The molecule has 1 aromatic carbocycles. The number of hydrogen-bond donors (Lipinski definition) is 2. The van der Waals surface area contributed by atoms with Crippen LogP contribution in [0.25, 0.3) is 0 Å². The molecule has 1 saturated heterocycles. The number of nitrogens with two attached hydrogens (primary N) is 1. The summed E-state index contributed by atoms with van der Waals surface area (Å²) in [6.45, 7) is 2.38. The second-order valence-corrected chi connectivity index (χ2v) is 5.22. The van der Waals surface area contributed by atoms with Gasteiger partial charge in [-0.1, -0.05) is 24.3 Å². The van der Waals surface area contributed by atoms with Gasteiger partial charge in [0, 0.05) is 19.5 Å². The van der Waals surface area contributed by atoms with Crippen molar-refractivity contribution in [3.05, 3.63) is 35.4 Å². The maximum absolute atomic E-state index is 10.6. The first kappa shape index (κ1) is 12.6. The Morgan fingerprint density at radius 1 is 1.35 bits per heavy atom. The van der Waals surface area contributed by atoms with Crippen LogP contribution in [-0.4, -0.2) is 35.7 Å². The van der Waals surface area contributed by atoms with Gasteiger partial charge in [0.1, 0.15) is 0 Å². The quantitative estimate of drug-likeness (QED) is 0.824. The fourth-order valence-corrected chi connectivity index (χ4v) is 2.77. The number of aliphatic hydroxyl groups is 1. The standard InChI is InChI=1S/C14H22N2O/c1-16-8-4-7-14(17,11-16)9-12-5-2-3-6-13(12)10-15/h2-3,5-6,17H,4,7-11,15H2,1H3. The molecular formula is C14H22N2O. The Balaban J connectivity index is 2.13. The minimum Gasteiger partial charge on any atom is -0.388 e. The normalized spacial score (nSPS) is 26.1. The molecule has 0 saturated carbocycles. The van der Waals surface area contributed by atoms with E-state index in [9.17, 15) is 5.11 Å². The van der Waals surface area contributed by atoms with Gasteiger partial charge in [-0.25, -0.2) is 0 Å². The van der Waals surface area contributed by atoms with Gasteiger partial charge >= 0.3 is 0 Å². The van der Waals surface area contributed by atoms with E-state index in [0.29, 0.717) is 13.0 Å². The number of hydrogen-bond acceptors (Lipinski definition) is 3. The van der Waals surface area contributed by atoms with Crippen LogP contribution >= 0.6 is 0 Å². The molecule has 0 aromatic heterocycles. The molecule has 3 nitrogen and oxygen atoms in total. The predicted octanol–water partition coefficient (Wildman–Crippen LogP) is 1.14. The third-order valence-electron chi connectivity index (χ3n) is 3.60. The van der Waals surface area contributed by atoms with Crippen molar-refractivity contribution in [2.24, 2.45) is 5.73 Å². The SMILES string of the molecule is CN1CCCC(O)(Cc2ccccc2CN)C1. The Bertz CT molecular complexity index is 380. The summed E-state index contributed by atoms with van der Waals surface area (Å²) < 4.78 is 0. The summed E-state index contributed by atoms with van der Waals surface area (Å²) in [5.41, 5.74) is 7.48. The lowest BCUT2D eigenvalue weighted by atomic mass is 9.85. The smallest absolute Gasteiger partial charge is 0.0814 e. The van der Waals surface area contributed by atoms with E-state index in [-0.39, 0.29) is 0 Å². The first-order valence-corrected chi connectivity index (χ1v) is 6.31. The van der Waals surface area contributed by atoms with Crippen LogP contribution in [0.15, 0.2) is 24.3 Å². The van der Waals surface area contributed by atoms with E-state index in [1.54, 1.807) is 0 Å². The van der Waals surface area contributed by atoms with Crippen LogP contribution in [0.5, 0.6) is 0 Å². The summed E-state index contributed by atoms with van der Waals surface area (Å²) >= 11 is 0. The maximum Gasteiger partial charge on any atom is 0.0814 e. The molecule has 2 rings (SSSR count). The summed E-state index contributed by atoms with van der Waals surface area (Å²) in [4.78, 5) is 2.20.